The molecular weight excluding hydrogens is 260 g/mol. The third-order valence-corrected chi connectivity index (χ3v) is 3.86. The highest BCUT2D eigenvalue weighted by molar-refractivity contribution is 5.89. The zero-order valence-corrected chi connectivity index (χ0v) is 11.8. The van der Waals surface area contributed by atoms with E-state index in [0.717, 1.165) is 0 Å². The summed E-state index contributed by atoms with van der Waals surface area (Å²) >= 11 is 0. The Bertz CT molecular complexity index is 508. The minimum atomic E-state index is -0.669. The molecule has 2 rings (SSSR count). The molecule has 1 fully saturated rings. The zero-order valence-electron chi connectivity index (χ0n) is 11.8. The van der Waals surface area contributed by atoms with Gasteiger partial charge in [-0.1, -0.05) is 6.92 Å². The summed E-state index contributed by atoms with van der Waals surface area (Å²) < 4.78 is 4.84. The zero-order chi connectivity index (χ0) is 14.8. The normalized spacial score (nSPS) is 25.4. The lowest BCUT2D eigenvalue weighted by molar-refractivity contribution is -0.152. The summed E-state index contributed by atoms with van der Waals surface area (Å²) in [4.78, 5) is 33.4. The molecule has 7 heteroatoms. The van der Waals surface area contributed by atoms with E-state index >= 15 is 0 Å². The first-order chi connectivity index (χ1) is 9.47. The van der Waals surface area contributed by atoms with Crippen LogP contribution in [-0.4, -0.2) is 47.1 Å². The number of nitrogens with one attached hydrogen (secondary N) is 1. The molecule has 1 aromatic rings. The topological polar surface area (TPSA) is 84.4 Å². The van der Waals surface area contributed by atoms with Crippen molar-refractivity contribution in [1.29, 1.82) is 0 Å². The SMILES string of the molecule is COC(=O)[C@]1(C)CN(C(=O)Nc2ccncn2)C[C@H]1C. The molecule has 0 aliphatic carbocycles. The van der Waals surface area contributed by atoms with Crippen LogP contribution in [-0.2, 0) is 9.53 Å². The van der Waals surface area contributed by atoms with Crippen LogP contribution in [0.15, 0.2) is 18.6 Å². The number of likely N-dealkylation sites (tertiary alicyclic amines) is 1. The second-order valence-corrected chi connectivity index (χ2v) is 5.22. The van der Waals surface area contributed by atoms with E-state index in [-0.39, 0.29) is 17.9 Å². The Labute approximate surface area is 117 Å². The molecule has 1 N–H and O–H groups in total. The second kappa shape index (κ2) is 5.44. The van der Waals surface area contributed by atoms with E-state index in [9.17, 15) is 9.59 Å². The van der Waals surface area contributed by atoms with Gasteiger partial charge in [-0.3, -0.25) is 10.1 Å². The summed E-state index contributed by atoms with van der Waals surface area (Å²) in [5.74, 6) is 0.178. The number of rotatable bonds is 2. The number of amides is 2. The number of hydrogen-bond acceptors (Lipinski definition) is 5. The van der Waals surface area contributed by atoms with Crippen molar-refractivity contribution in [2.75, 3.05) is 25.5 Å². The van der Waals surface area contributed by atoms with Gasteiger partial charge in [-0.05, 0) is 18.9 Å². The first-order valence-electron chi connectivity index (χ1n) is 6.37. The Morgan fingerprint density at radius 1 is 1.55 bits per heavy atom. The number of anilines is 1. The Hall–Kier alpha value is -2.18. The molecule has 1 aliphatic heterocycles. The van der Waals surface area contributed by atoms with E-state index in [1.807, 2.05) is 13.8 Å². The molecule has 108 valence electrons. The van der Waals surface area contributed by atoms with Crippen LogP contribution in [0, 0.1) is 11.3 Å². The predicted octanol–water partition coefficient (Wildman–Crippen LogP) is 1.14. The van der Waals surface area contributed by atoms with Gasteiger partial charge in [0.15, 0.2) is 0 Å². The van der Waals surface area contributed by atoms with Crippen LogP contribution in [0.1, 0.15) is 13.8 Å². The number of ether oxygens (including phenoxy) is 1. The average Bonchev–Trinajstić information content (AvgIpc) is 2.76. The van der Waals surface area contributed by atoms with E-state index in [1.54, 1.807) is 17.2 Å². The number of urea groups is 1. The van der Waals surface area contributed by atoms with Gasteiger partial charge in [-0.25, -0.2) is 14.8 Å². The predicted molar refractivity (Wildman–Crippen MR) is 71.9 cm³/mol. The van der Waals surface area contributed by atoms with Crippen molar-refractivity contribution >= 4 is 17.8 Å². The van der Waals surface area contributed by atoms with Crippen molar-refractivity contribution in [1.82, 2.24) is 14.9 Å². The first kappa shape index (κ1) is 14.2. The van der Waals surface area contributed by atoms with Crippen molar-refractivity contribution in [3.05, 3.63) is 18.6 Å². The maximum absolute atomic E-state index is 12.2. The summed E-state index contributed by atoms with van der Waals surface area (Å²) in [6, 6.07) is 1.33. The van der Waals surface area contributed by atoms with Crippen molar-refractivity contribution in [2.24, 2.45) is 11.3 Å². The first-order valence-corrected chi connectivity index (χ1v) is 6.37. The Morgan fingerprint density at radius 3 is 2.90 bits per heavy atom. The number of carbonyl (C=O) groups excluding carboxylic acids is 2. The van der Waals surface area contributed by atoms with Crippen LogP contribution in [0.2, 0.25) is 0 Å². The van der Waals surface area contributed by atoms with Gasteiger partial charge in [0.25, 0.3) is 0 Å². The van der Waals surface area contributed by atoms with Crippen LogP contribution in [0.5, 0.6) is 0 Å². The van der Waals surface area contributed by atoms with Gasteiger partial charge in [0, 0.05) is 19.3 Å². The van der Waals surface area contributed by atoms with E-state index in [2.05, 4.69) is 15.3 Å². The fraction of sp³-hybridized carbons (Fsp3) is 0.538. The largest absolute Gasteiger partial charge is 0.469 e. The summed E-state index contributed by atoms with van der Waals surface area (Å²) in [6.07, 6.45) is 2.91. The van der Waals surface area contributed by atoms with E-state index in [1.165, 1.54) is 13.4 Å². The van der Waals surface area contributed by atoms with Crippen LogP contribution in [0.4, 0.5) is 10.6 Å². The molecule has 0 aromatic carbocycles. The second-order valence-electron chi connectivity index (χ2n) is 5.22. The third kappa shape index (κ3) is 2.56. The van der Waals surface area contributed by atoms with Crippen LogP contribution < -0.4 is 5.32 Å². The van der Waals surface area contributed by atoms with Gasteiger partial charge in [0.2, 0.25) is 0 Å². The molecule has 2 amide bonds. The Balaban J connectivity index is 2.05. The minimum absolute atomic E-state index is 0.0334. The molecule has 1 aliphatic rings. The molecule has 0 bridgehead atoms. The fourth-order valence-electron chi connectivity index (χ4n) is 2.36. The van der Waals surface area contributed by atoms with Crippen LogP contribution in [0.25, 0.3) is 0 Å². The maximum atomic E-state index is 12.2. The fourth-order valence-corrected chi connectivity index (χ4v) is 2.36. The van der Waals surface area contributed by atoms with Crippen LogP contribution in [0.3, 0.4) is 0 Å². The van der Waals surface area contributed by atoms with Crippen LogP contribution >= 0.6 is 0 Å². The van der Waals surface area contributed by atoms with Crippen molar-refractivity contribution in [2.45, 2.75) is 13.8 Å². The molecule has 20 heavy (non-hydrogen) atoms. The highest BCUT2D eigenvalue weighted by Crippen LogP contribution is 2.36. The Kier molecular flexibility index (Phi) is 3.87. The minimum Gasteiger partial charge on any atom is -0.469 e. The third-order valence-electron chi connectivity index (χ3n) is 3.86. The molecule has 7 nitrogen and oxygen atoms in total. The van der Waals surface area contributed by atoms with Gasteiger partial charge in [0.05, 0.1) is 12.5 Å². The highest BCUT2D eigenvalue weighted by atomic mass is 16.5. The van der Waals surface area contributed by atoms with Gasteiger partial charge < -0.3 is 9.64 Å². The Morgan fingerprint density at radius 2 is 2.30 bits per heavy atom. The summed E-state index contributed by atoms with van der Waals surface area (Å²) in [5, 5.41) is 2.68. The molecular formula is C13H18N4O3. The van der Waals surface area contributed by atoms with Crippen molar-refractivity contribution in [3.63, 3.8) is 0 Å². The lowest BCUT2D eigenvalue weighted by atomic mass is 9.81. The average molecular weight is 278 g/mol. The molecule has 0 saturated carbocycles. The van der Waals surface area contributed by atoms with Gasteiger partial charge >= 0.3 is 12.0 Å². The van der Waals surface area contributed by atoms with Gasteiger partial charge in [-0.2, -0.15) is 0 Å². The molecule has 1 saturated heterocycles. The molecule has 0 spiro atoms. The summed E-state index contributed by atoms with van der Waals surface area (Å²) in [5.41, 5.74) is -0.669. The lowest BCUT2D eigenvalue weighted by Gasteiger charge is -2.24. The van der Waals surface area contributed by atoms with Gasteiger partial charge in [-0.15, -0.1) is 0 Å². The highest BCUT2D eigenvalue weighted by Gasteiger charge is 2.48. The summed E-state index contributed by atoms with van der Waals surface area (Å²) in [7, 11) is 1.37. The molecule has 2 heterocycles. The number of esters is 1. The number of carbonyl (C=O) groups is 2. The molecule has 0 radical (unpaired) electrons. The monoisotopic (exact) mass is 278 g/mol. The smallest absolute Gasteiger partial charge is 0.323 e. The number of aromatic nitrogens is 2. The van der Waals surface area contributed by atoms with E-state index < -0.39 is 5.41 Å². The quantitative estimate of drug-likeness (QED) is 0.820. The number of methoxy groups -OCH3 is 1. The van der Waals surface area contributed by atoms with E-state index in [4.69, 9.17) is 4.74 Å². The molecule has 2 atom stereocenters. The van der Waals surface area contributed by atoms with Crippen molar-refractivity contribution < 1.29 is 14.3 Å². The number of hydrogen-bond donors (Lipinski definition) is 1. The van der Waals surface area contributed by atoms with Gasteiger partial charge in [0.1, 0.15) is 12.1 Å². The van der Waals surface area contributed by atoms with E-state index in [0.29, 0.717) is 18.9 Å². The standard InChI is InChI=1S/C13H18N4O3/c1-9-6-17(7-13(9,2)11(18)20-3)12(19)16-10-4-5-14-8-15-10/h4-5,8-9H,6-7H2,1-3H3,(H,14,15,16,19)/t9-,13-/m1/s1. The molecule has 0 unspecified atom stereocenters. The maximum Gasteiger partial charge on any atom is 0.323 e. The lowest BCUT2D eigenvalue weighted by Crippen LogP contribution is -2.38. The van der Waals surface area contributed by atoms with Crippen molar-refractivity contribution in [3.8, 4) is 0 Å². The number of nitrogens with zero attached hydrogens (tertiary/aromatic N) is 3. The summed E-state index contributed by atoms with van der Waals surface area (Å²) in [6.45, 7) is 4.59. The molecule has 1 aromatic heterocycles.